The molecule has 0 bridgehead atoms. The summed E-state index contributed by atoms with van der Waals surface area (Å²) in [7, 11) is 1.59. The normalized spacial score (nSPS) is 10.6. The average molecular weight is 236 g/mol. The van der Waals surface area contributed by atoms with E-state index in [1.807, 2.05) is 18.2 Å². The fourth-order valence-corrected chi connectivity index (χ4v) is 1.47. The van der Waals surface area contributed by atoms with E-state index in [4.69, 9.17) is 14.6 Å². The number of carboxylic acid groups (broad SMARTS) is 1. The Labute approximate surface area is 97.2 Å². The summed E-state index contributed by atoms with van der Waals surface area (Å²) in [5.74, 6) is 0.330. The molecule has 0 fully saturated rings. The lowest BCUT2D eigenvalue weighted by Crippen LogP contribution is -2.07. The Bertz CT molecular complexity index is 535. The van der Waals surface area contributed by atoms with Crippen molar-refractivity contribution in [1.82, 2.24) is 9.97 Å². The minimum absolute atomic E-state index is 0.142. The lowest BCUT2D eigenvalue weighted by atomic mass is 10.3. The standard InChI is InChI=1S/C11H12N2O4/c1-16-7-2-3-8-9(4-7)13-10(12-8)5-17-6-11(14)15/h2-4H,5-6H2,1H3,(H,12,13)(H,14,15). The number of carbonyl (C=O) groups is 1. The predicted octanol–water partition coefficient (Wildman–Crippen LogP) is 1.17. The number of hydrogen-bond acceptors (Lipinski definition) is 4. The third-order valence-electron chi connectivity index (χ3n) is 2.20. The quantitative estimate of drug-likeness (QED) is 0.814. The topological polar surface area (TPSA) is 84.4 Å². The van der Waals surface area contributed by atoms with Gasteiger partial charge in [0, 0.05) is 6.07 Å². The van der Waals surface area contributed by atoms with Crippen LogP contribution in [0.5, 0.6) is 5.75 Å². The van der Waals surface area contributed by atoms with E-state index >= 15 is 0 Å². The molecule has 6 nitrogen and oxygen atoms in total. The van der Waals surface area contributed by atoms with Crippen LogP contribution in [0.1, 0.15) is 5.82 Å². The van der Waals surface area contributed by atoms with Crippen LogP contribution in [0.15, 0.2) is 18.2 Å². The molecule has 0 atom stereocenters. The molecule has 17 heavy (non-hydrogen) atoms. The minimum atomic E-state index is -0.997. The van der Waals surface area contributed by atoms with Gasteiger partial charge in [0.1, 0.15) is 24.8 Å². The van der Waals surface area contributed by atoms with E-state index in [1.54, 1.807) is 7.11 Å². The van der Waals surface area contributed by atoms with Crippen molar-refractivity contribution in [2.24, 2.45) is 0 Å². The highest BCUT2D eigenvalue weighted by Gasteiger charge is 2.05. The van der Waals surface area contributed by atoms with Gasteiger partial charge in [0.25, 0.3) is 0 Å². The average Bonchev–Trinajstić information content (AvgIpc) is 2.69. The van der Waals surface area contributed by atoms with Crippen molar-refractivity contribution in [2.75, 3.05) is 13.7 Å². The lowest BCUT2D eigenvalue weighted by Gasteiger charge is -1.97. The van der Waals surface area contributed by atoms with Crippen molar-refractivity contribution >= 4 is 17.0 Å². The lowest BCUT2D eigenvalue weighted by molar-refractivity contribution is -0.142. The van der Waals surface area contributed by atoms with Gasteiger partial charge in [-0.05, 0) is 12.1 Å². The predicted molar refractivity (Wildman–Crippen MR) is 59.9 cm³/mol. The van der Waals surface area contributed by atoms with Gasteiger partial charge in [-0.25, -0.2) is 9.78 Å². The highest BCUT2D eigenvalue weighted by molar-refractivity contribution is 5.76. The van der Waals surface area contributed by atoms with E-state index in [2.05, 4.69) is 9.97 Å². The van der Waals surface area contributed by atoms with Crippen LogP contribution in [-0.2, 0) is 16.1 Å². The number of methoxy groups -OCH3 is 1. The second kappa shape index (κ2) is 4.84. The monoisotopic (exact) mass is 236 g/mol. The summed E-state index contributed by atoms with van der Waals surface area (Å²) in [6.07, 6.45) is 0. The van der Waals surface area contributed by atoms with Gasteiger partial charge < -0.3 is 19.6 Å². The van der Waals surface area contributed by atoms with E-state index in [9.17, 15) is 4.79 Å². The molecule has 1 heterocycles. The molecule has 0 radical (unpaired) electrons. The minimum Gasteiger partial charge on any atom is -0.497 e. The maximum Gasteiger partial charge on any atom is 0.329 e. The zero-order valence-corrected chi connectivity index (χ0v) is 9.27. The Balaban J connectivity index is 2.11. The number of aromatic amines is 1. The number of hydrogen-bond donors (Lipinski definition) is 2. The van der Waals surface area contributed by atoms with Crippen molar-refractivity contribution in [2.45, 2.75) is 6.61 Å². The number of aromatic nitrogens is 2. The van der Waals surface area contributed by atoms with Crippen LogP contribution < -0.4 is 4.74 Å². The fourth-order valence-electron chi connectivity index (χ4n) is 1.47. The van der Waals surface area contributed by atoms with Gasteiger partial charge in [-0.1, -0.05) is 0 Å². The number of nitrogens with zero attached hydrogens (tertiary/aromatic N) is 1. The Hall–Kier alpha value is -2.08. The highest BCUT2D eigenvalue weighted by atomic mass is 16.5. The van der Waals surface area contributed by atoms with Crippen LogP contribution in [0, 0.1) is 0 Å². The first-order chi connectivity index (χ1) is 8.19. The summed E-state index contributed by atoms with van der Waals surface area (Å²) >= 11 is 0. The first-order valence-corrected chi connectivity index (χ1v) is 5.01. The highest BCUT2D eigenvalue weighted by Crippen LogP contribution is 2.18. The van der Waals surface area contributed by atoms with E-state index in [0.29, 0.717) is 5.82 Å². The summed E-state index contributed by atoms with van der Waals surface area (Å²) < 4.78 is 10.0. The van der Waals surface area contributed by atoms with E-state index in [0.717, 1.165) is 16.8 Å². The molecule has 0 spiro atoms. The Morgan fingerprint density at radius 1 is 1.53 bits per heavy atom. The third kappa shape index (κ3) is 2.73. The molecule has 0 aliphatic heterocycles. The van der Waals surface area contributed by atoms with E-state index in [-0.39, 0.29) is 13.2 Å². The zero-order valence-electron chi connectivity index (χ0n) is 9.27. The van der Waals surface area contributed by atoms with Gasteiger partial charge in [-0.2, -0.15) is 0 Å². The summed E-state index contributed by atoms with van der Waals surface area (Å²) in [6.45, 7) is -0.191. The van der Waals surface area contributed by atoms with Crippen molar-refractivity contribution in [1.29, 1.82) is 0 Å². The van der Waals surface area contributed by atoms with Crippen LogP contribution in [0.3, 0.4) is 0 Å². The molecule has 1 aromatic carbocycles. The molecule has 2 aromatic rings. The number of fused-ring (bicyclic) bond motifs is 1. The number of carboxylic acids is 1. The van der Waals surface area contributed by atoms with Crippen LogP contribution in [0.4, 0.5) is 0 Å². The summed E-state index contributed by atoms with van der Waals surface area (Å²) in [6, 6.07) is 5.46. The Morgan fingerprint density at radius 3 is 3.06 bits per heavy atom. The number of nitrogens with one attached hydrogen (secondary N) is 1. The molecular weight excluding hydrogens is 224 g/mol. The number of H-pyrrole nitrogens is 1. The molecule has 90 valence electrons. The maximum atomic E-state index is 10.3. The van der Waals surface area contributed by atoms with E-state index < -0.39 is 5.97 Å². The SMILES string of the molecule is COc1ccc2nc(COCC(=O)O)[nH]c2c1. The van der Waals surface area contributed by atoms with Gasteiger partial charge in [-0.3, -0.25) is 0 Å². The second-order valence-electron chi connectivity index (χ2n) is 3.45. The number of benzene rings is 1. The van der Waals surface area contributed by atoms with E-state index in [1.165, 1.54) is 0 Å². The van der Waals surface area contributed by atoms with Gasteiger partial charge >= 0.3 is 5.97 Å². The molecular formula is C11H12N2O4. The molecule has 0 aliphatic rings. The van der Waals surface area contributed by atoms with Crippen molar-refractivity contribution in [3.8, 4) is 5.75 Å². The first kappa shape index (κ1) is 11.4. The van der Waals surface area contributed by atoms with Crippen molar-refractivity contribution in [3.05, 3.63) is 24.0 Å². The summed E-state index contributed by atoms with van der Waals surface area (Å²) in [4.78, 5) is 17.6. The number of imidazole rings is 1. The molecule has 0 saturated carbocycles. The molecule has 1 aromatic heterocycles. The zero-order chi connectivity index (χ0) is 12.3. The van der Waals surface area contributed by atoms with Crippen LogP contribution in [0.2, 0.25) is 0 Å². The largest absolute Gasteiger partial charge is 0.497 e. The molecule has 0 saturated heterocycles. The summed E-state index contributed by atoms with van der Waals surface area (Å²) in [5.41, 5.74) is 1.62. The van der Waals surface area contributed by atoms with Gasteiger partial charge in [0.2, 0.25) is 0 Å². The molecule has 2 N–H and O–H groups in total. The van der Waals surface area contributed by atoms with Crippen LogP contribution >= 0.6 is 0 Å². The molecule has 2 rings (SSSR count). The first-order valence-electron chi connectivity index (χ1n) is 5.01. The maximum absolute atomic E-state index is 10.3. The smallest absolute Gasteiger partial charge is 0.329 e. The van der Waals surface area contributed by atoms with Crippen LogP contribution in [0.25, 0.3) is 11.0 Å². The molecule has 0 unspecified atom stereocenters. The second-order valence-corrected chi connectivity index (χ2v) is 3.45. The van der Waals surface area contributed by atoms with Gasteiger partial charge in [0.05, 0.1) is 18.1 Å². The number of ether oxygens (including phenoxy) is 2. The summed E-state index contributed by atoms with van der Waals surface area (Å²) in [5, 5.41) is 8.43. The molecule has 0 aliphatic carbocycles. The van der Waals surface area contributed by atoms with Gasteiger partial charge in [-0.15, -0.1) is 0 Å². The Morgan fingerprint density at radius 2 is 2.35 bits per heavy atom. The van der Waals surface area contributed by atoms with Crippen molar-refractivity contribution < 1.29 is 19.4 Å². The molecule has 0 amide bonds. The van der Waals surface area contributed by atoms with Crippen LogP contribution in [-0.4, -0.2) is 34.8 Å². The number of aliphatic carboxylic acids is 1. The number of rotatable bonds is 5. The Kier molecular flexibility index (Phi) is 3.24. The van der Waals surface area contributed by atoms with Gasteiger partial charge in [0.15, 0.2) is 0 Å². The van der Waals surface area contributed by atoms with Crippen molar-refractivity contribution in [3.63, 3.8) is 0 Å². The third-order valence-corrected chi connectivity index (χ3v) is 2.20. The fraction of sp³-hybridized carbons (Fsp3) is 0.273. The molecule has 6 heteroatoms.